The number of carbonyl (C=O) groups is 1. The normalized spacial score (nSPS) is 17.3. The Bertz CT molecular complexity index is 645. The van der Waals surface area contributed by atoms with Gasteiger partial charge in [0.25, 0.3) is 0 Å². The summed E-state index contributed by atoms with van der Waals surface area (Å²) in [5.74, 6) is 0.893. The Morgan fingerprint density at radius 1 is 1.48 bits per heavy atom. The molecule has 1 saturated heterocycles. The van der Waals surface area contributed by atoms with E-state index in [1.165, 1.54) is 0 Å². The van der Waals surface area contributed by atoms with Crippen molar-refractivity contribution < 1.29 is 14.1 Å². The number of aromatic nitrogens is 3. The van der Waals surface area contributed by atoms with Crippen LogP contribution in [-0.4, -0.2) is 40.0 Å². The van der Waals surface area contributed by atoms with Gasteiger partial charge in [-0.25, -0.2) is 4.79 Å². The maximum Gasteiger partial charge on any atom is 0.315 e. The molecule has 2 amide bonds. The molecule has 3 rings (SSSR count). The van der Waals surface area contributed by atoms with E-state index in [0.717, 1.165) is 31.7 Å². The Hall–Kier alpha value is -2.35. The summed E-state index contributed by atoms with van der Waals surface area (Å²) < 4.78 is 12.6. The van der Waals surface area contributed by atoms with Crippen molar-refractivity contribution in [3.05, 3.63) is 24.2 Å². The van der Waals surface area contributed by atoms with Gasteiger partial charge in [-0.2, -0.15) is 4.98 Å². The Kier molecular flexibility index (Phi) is 4.92. The molecule has 23 heavy (non-hydrogen) atoms. The fourth-order valence-corrected chi connectivity index (χ4v) is 2.55. The third-order valence-corrected chi connectivity index (χ3v) is 3.78. The number of hydrogen-bond donors (Lipinski definition) is 2. The fourth-order valence-electron chi connectivity index (χ4n) is 2.55. The average Bonchev–Trinajstić information content (AvgIpc) is 3.31. The lowest BCUT2D eigenvalue weighted by Crippen LogP contribution is -2.39. The predicted molar refractivity (Wildman–Crippen MR) is 82.6 cm³/mol. The SMILES string of the molecule is CCn1cccc1-c1noc(CNC(=O)NC[C@@H]2CCCO2)n1. The van der Waals surface area contributed by atoms with E-state index in [4.69, 9.17) is 9.26 Å². The van der Waals surface area contributed by atoms with Gasteiger partial charge in [-0.3, -0.25) is 0 Å². The first kappa shape index (κ1) is 15.5. The van der Waals surface area contributed by atoms with Crippen molar-refractivity contribution >= 4 is 6.03 Å². The lowest BCUT2D eigenvalue weighted by atomic mass is 10.2. The van der Waals surface area contributed by atoms with Gasteiger partial charge >= 0.3 is 6.03 Å². The first-order chi connectivity index (χ1) is 11.3. The molecule has 3 heterocycles. The van der Waals surface area contributed by atoms with E-state index in [-0.39, 0.29) is 18.7 Å². The number of amides is 2. The summed E-state index contributed by atoms with van der Waals surface area (Å²) >= 11 is 0. The number of nitrogens with zero attached hydrogens (tertiary/aromatic N) is 3. The molecule has 0 unspecified atom stereocenters. The van der Waals surface area contributed by atoms with Crippen LogP contribution < -0.4 is 10.6 Å². The smallest absolute Gasteiger partial charge is 0.315 e. The number of hydrogen-bond acceptors (Lipinski definition) is 5. The quantitative estimate of drug-likeness (QED) is 0.842. The van der Waals surface area contributed by atoms with E-state index < -0.39 is 0 Å². The van der Waals surface area contributed by atoms with Crippen molar-refractivity contribution in [1.82, 2.24) is 25.3 Å². The lowest BCUT2D eigenvalue weighted by Gasteiger charge is -2.10. The third-order valence-electron chi connectivity index (χ3n) is 3.78. The van der Waals surface area contributed by atoms with Crippen molar-refractivity contribution in [2.24, 2.45) is 0 Å². The van der Waals surface area contributed by atoms with Gasteiger partial charge in [-0.05, 0) is 31.9 Å². The van der Waals surface area contributed by atoms with E-state index in [0.29, 0.717) is 18.3 Å². The molecule has 124 valence electrons. The van der Waals surface area contributed by atoms with Crippen LogP contribution in [0.2, 0.25) is 0 Å². The van der Waals surface area contributed by atoms with E-state index in [2.05, 4.69) is 20.8 Å². The maximum atomic E-state index is 11.7. The average molecular weight is 319 g/mol. The Labute approximate surface area is 134 Å². The molecule has 0 aliphatic carbocycles. The fraction of sp³-hybridized carbons (Fsp3) is 0.533. The van der Waals surface area contributed by atoms with Crippen molar-refractivity contribution in [3.8, 4) is 11.5 Å². The summed E-state index contributed by atoms with van der Waals surface area (Å²) in [6.07, 6.45) is 4.13. The van der Waals surface area contributed by atoms with Crippen molar-refractivity contribution in [2.75, 3.05) is 13.2 Å². The van der Waals surface area contributed by atoms with Crippen LogP contribution in [0.4, 0.5) is 4.79 Å². The number of rotatable bonds is 6. The largest absolute Gasteiger partial charge is 0.376 e. The highest BCUT2D eigenvalue weighted by Gasteiger charge is 2.16. The second-order valence-electron chi connectivity index (χ2n) is 5.39. The summed E-state index contributed by atoms with van der Waals surface area (Å²) in [4.78, 5) is 16.0. The number of carbonyl (C=O) groups excluding carboxylic acids is 1. The van der Waals surface area contributed by atoms with Gasteiger partial charge in [0.1, 0.15) is 0 Å². The molecular formula is C15H21N5O3. The molecule has 0 radical (unpaired) electrons. The second-order valence-corrected chi connectivity index (χ2v) is 5.39. The standard InChI is InChI=1S/C15H21N5O3/c1-2-20-7-3-6-12(20)14-18-13(23-19-14)10-17-15(21)16-9-11-5-4-8-22-11/h3,6-7,11H,2,4-5,8-10H2,1H3,(H2,16,17,21)/t11-/m0/s1. The monoisotopic (exact) mass is 319 g/mol. The molecule has 1 aliphatic heterocycles. The van der Waals surface area contributed by atoms with E-state index in [1.54, 1.807) is 0 Å². The molecular weight excluding hydrogens is 298 g/mol. The highest BCUT2D eigenvalue weighted by atomic mass is 16.5. The van der Waals surface area contributed by atoms with Crippen LogP contribution in [0.15, 0.2) is 22.9 Å². The minimum atomic E-state index is -0.266. The molecule has 2 N–H and O–H groups in total. The zero-order chi connectivity index (χ0) is 16.1. The molecule has 1 fully saturated rings. The van der Waals surface area contributed by atoms with Crippen molar-refractivity contribution in [3.63, 3.8) is 0 Å². The molecule has 0 aromatic carbocycles. The van der Waals surface area contributed by atoms with Gasteiger partial charge in [-0.1, -0.05) is 5.16 Å². The Morgan fingerprint density at radius 3 is 3.17 bits per heavy atom. The summed E-state index contributed by atoms with van der Waals surface area (Å²) in [7, 11) is 0. The molecule has 2 aromatic rings. The summed E-state index contributed by atoms with van der Waals surface area (Å²) in [5, 5.41) is 9.44. The zero-order valence-electron chi connectivity index (χ0n) is 13.1. The molecule has 2 aromatic heterocycles. The second kappa shape index (κ2) is 7.28. The van der Waals surface area contributed by atoms with Gasteiger partial charge in [-0.15, -0.1) is 0 Å². The van der Waals surface area contributed by atoms with E-state index in [9.17, 15) is 4.79 Å². The minimum Gasteiger partial charge on any atom is -0.376 e. The summed E-state index contributed by atoms with van der Waals surface area (Å²) in [6, 6.07) is 3.60. The number of urea groups is 1. The van der Waals surface area contributed by atoms with Crippen LogP contribution >= 0.6 is 0 Å². The van der Waals surface area contributed by atoms with Gasteiger partial charge < -0.3 is 24.5 Å². The minimum absolute atomic E-state index is 0.123. The molecule has 0 bridgehead atoms. The highest BCUT2D eigenvalue weighted by Crippen LogP contribution is 2.16. The molecule has 1 atom stereocenters. The first-order valence-electron chi connectivity index (χ1n) is 7.87. The highest BCUT2D eigenvalue weighted by molar-refractivity contribution is 5.73. The number of nitrogens with one attached hydrogen (secondary N) is 2. The van der Waals surface area contributed by atoms with Crippen LogP contribution in [0.5, 0.6) is 0 Å². The maximum absolute atomic E-state index is 11.7. The predicted octanol–water partition coefficient (Wildman–Crippen LogP) is 1.54. The molecule has 1 aliphatic rings. The molecule has 8 nitrogen and oxygen atoms in total. The van der Waals surface area contributed by atoms with Gasteiger partial charge in [0.2, 0.25) is 11.7 Å². The van der Waals surface area contributed by atoms with Crippen molar-refractivity contribution in [2.45, 2.75) is 39.0 Å². The van der Waals surface area contributed by atoms with Crippen LogP contribution in [0.1, 0.15) is 25.7 Å². The summed E-state index contributed by atoms with van der Waals surface area (Å²) in [5.41, 5.74) is 0.894. The topological polar surface area (TPSA) is 94.2 Å². The number of ether oxygens (including phenoxy) is 1. The first-order valence-corrected chi connectivity index (χ1v) is 7.87. The van der Waals surface area contributed by atoms with Crippen LogP contribution in [-0.2, 0) is 17.8 Å². The number of aryl methyl sites for hydroxylation is 1. The molecule has 0 spiro atoms. The van der Waals surface area contributed by atoms with Gasteiger partial charge in [0.15, 0.2) is 0 Å². The molecule has 8 heteroatoms. The van der Waals surface area contributed by atoms with E-state index in [1.807, 2.05) is 29.8 Å². The summed E-state index contributed by atoms with van der Waals surface area (Å²) in [6.45, 7) is 4.36. The van der Waals surface area contributed by atoms with Gasteiger partial charge in [0, 0.05) is 25.9 Å². The van der Waals surface area contributed by atoms with E-state index >= 15 is 0 Å². The van der Waals surface area contributed by atoms with Crippen LogP contribution in [0.3, 0.4) is 0 Å². The molecule has 0 saturated carbocycles. The van der Waals surface area contributed by atoms with Crippen molar-refractivity contribution in [1.29, 1.82) is 0 Å². The Balaban J connectivity index is 1.48. The third kappa shape index (κ3) is 3.89. The Morgan fingerprint density at radius 2 is 2.39 bits per heavy atom. The van der Waals surface area contributed by atoms with Crippen LogP contribution in [0.25, 0.3) is 11.5 Å². The zero-order valence-corrected chi connectivity index (χ0v) is 13.1. The van der Waals surface area contributed by atoms with Crippen LogP contribution in [0, 0.1) is 0 Å². The van der Waals surface area contributed by atoms with Gasteiger partial charge in [0.05, 0.1) is 18.3 Å². The lowest BCUT2D eigenvalue weighted by molar-refractivity contribution is 0.111.